The first-order valence-electron chi connectivity index (χ1n) is 8.79. The lowest BCUT2D eigenvalue weighted by atomic mass is 10.1. The molecule has 27 heavy (non-hydrogen) atoms. The molecule has 1 aromatic rings. The molecule has 1 heterocycles. The Labute approximate surface area is 160 Å². The summed E-state index contributed by atoms with van der Waals surface area (Å²) in [7, 11) is -1.25. The largest absolute Gasteiger partial charge is 0.467 e. The Morgan fingerprint density at radius 1 is 1.15 bits per heavy atom. The fourth-order valence-corrected chi connectivity index (χ4v) is 3.96. The fraction of sp³-hybridized carbons (Fsp3) is 0.526. The Kier molecular flexibility index (Phi) is 5.93. The van der Waals surface area contributed by atoms with E-state index in [4.69, 9.17) is 9.16 Å². The number of nitrogens with zero attached hydrogens (tertiary/aromatic N) is 1. The van der Waals surface area contributed by atoms with E-state index in [1.807, 2.05) is 33.9 Å². The zero-order valence-electron chi connectivity index (χ0n) is 16.6. The van der Waals surface area contributed by atoms with Crippen LogP contribution in [0.1, 0.15) is 41.5 Å². The molecule has 1 aliphatic rings. The van der Waals surface area contributed by atoms with Crippen LogP contribution in [0.4, 0.5) is 0 Å². The van der Waals surface area contributed by atoms with Gasteiger partial charge in [0.25, 0.3) is 11.8 Å². The number of carbonyl (C=O) groups is 3. The minimum atomic E-state index is -2.46. The quantitative estimate of drug-likeness (QED) is 0.452. The average molecular weight is 394 g/mol. The molecular weight excluding hydrogens is 366 g/mol. The number of benzene rings is 1. The van der Waals surface area contributed by atoms with Crippen LogP contribution in [0.15, 0.2) is 24.3 Å². The van der Waals surface area contributed by atoms with Crippen molar-refractivity contribution >= 4 is 26.1 Å². The van der Waals surface area contributed by atoms with E-state index < -0.39 is 44.9 Å². The summed E-state index contributed by atoms with van der Waals surface area (Å²) in [6, 6.07) is 5.24. The number of rotatable bonds is 6. The lowest BCUT2D eigenvalue weighted by Gasteiger charge is -2.41. The highest BCUT2D eigenvalue weighted by atomic mass is 28.4. The maximum atomic E-state index is 12.8. The number of carbonyl (C=O) groups excluding carboxylic acids is 3. The Hall–Kier alpha value is -2.03. The van der Waals surface area contributed by atoms with E-state index in [1.54, 1.807) is 24.3 Å². The fourth-order valence-electron chi connectivity index (χ4n) is 2.72. The van der Waals surface area contributed by atoms with E-state index in [0.29, 0.717) is 0 Å². The molecular formula is C19H27NO6Si. The second kappa shape index (κ2) is 7.53. The maximum Gasteiger partial charge on any atom is 0.336 e. The Morgan fingerprint density at radius 2 is 1.63 bits per heavy atom. The molecule has 0 aromatic heterocycles. The smallest absolute Gasteiger partial charge is 0.336 e. The molecule has 148 valence electrons. The van der Waals surface area contributed by atoms with Crippen molar-refractivity contribution in [2.45, 2.75) is 51.0 Å². The number of hydrogen-bond acceptors (Lipinski definition) is 6. The highest BCUT2D eigenvalue weighted by molar-refractivity contribution is 6.74. The molecule has 8 heteroatoms. The Balaban J connectivity index is 2.44. The lowest BCUT2D eigenvalue weighted by molar-refractivity contribution is -0.152. The summed E-state index contributed by atoms with van der Waals surface area (Å²) < 4.78 is 11.0. The van der Waals surface area contributed by atoms with Crippen molar-refractivity contribution in [2.75, 3.05) is 13.7 Å². The molecule has 1 N–H and O–H groups in total. The summed E-state index contributed by atoms with van der Waals surface area (Å²) >= 11 is 0. The van der Waals surface area contributed by atoms with Crippen molar-refractivity contribution in [3.05, 3.63) is 35.4 Å². The van der Waals surface area contributed by atoms with Gasteiger partial charge in [-0.1, -0.05) is 32.9 Å². The molecule has 0 unspecified atom stereocenters. The predicted molar refractivity (Wildman–Crippen MR) is 102 cm³/mol. The van der Waals surface area contributed by atoms with Crippen molar-refractivity contribution < 1.29 is 28.7 Å². The van der Waals surface area contributed by atoms with Gasteiger partial charge in [0.1, 0.15) is 0 Å². The number of amides is 2. The van der Waals surface area contributed by atoms with Gasteiger partial charge in [-0.05, 0) is 30.3 Å². The van der Waals surface area contributed by atoms with Gasteiger partial charge in [-0.25, -0.2) is 4.79 Å². The van der Waals surface area contributed by atoms with E-state index in [-0.39, 0.29) is 16.2 Å². The number of esters is 1. The number of hydrogen-bond donors (Lipinski definition) is 1. The first kappa shape index (κ1) is 21.3. The maximum absolute atomic E-state index is 12.8. The highest BCUT2D eigenvalue weighted by Gasteiger charge is 2.49. The average Bonchev–Trinajstić information content (AvgIpc) is 2.85. The van der Waals surface area contributed by atoms with Gasteiger partial charge in [0.05, 0.1) is 30.9 Å². The minimum absolute atomic E-state index is 0.221. The van der Waals surface area contributed by atoms with Gasteiger partial charge in [-0.3, -0.25) is 14.5 Å². The van der Waals surface area contributed by atoms with E-state index in [9.17, 15) is 19.5 Å². The summed E-state index contributed by atoms with van der Waals surface area (Å²) in [6.45, 7) is 9.29. The number of ether oxygens (including phenoxy) is 1. The van der Waals surface area contributed by atoms with Crippen LogP contribution in [0.5, 0.6) is 0 Å². The third kappa shape index (κ3) is 3.83. The molecule has 2 rings (SSSR count). The van der Waals surface area contributed by atoms with Crippen LogP contribution in [0.3, 0.4) is 0 Å². The number of aliphatic hydroxyl groups excluding tert-OH is 1. The number of imide groups is 1. The second-order valence-corrected chi connectivity index (χ2v) is 12.9. The summed E-state index contributed by atoms with van der Waals surface area (Å²) in [6.07, 6.45) is -1.26. The van der Waals surface area contributed by atoms with Crippen LogP contribution in [-0.2, 0) is 14.0 Å². The van der Waals surface area contributed by atoms with E-state index >= 15 is 0 Å². The molecule has 0 aliphatic carbocycles. The van der Waals surface area contributed by atoms with E-state index in [2.05, 4.69) is 0 Å². The normalized spacial score (nSPS) is 16.9. The van der Waals surface area contributed by atoms with Crippen molar-refractivity contribution in [3.63, 3.8) is 0 Å². The summed E-state index contributed by atoms with van der Waals surface area (Å²) in [5.74, 6) is -1.83. The van der Waals surface area contributed by atoms with Crippen LogP contribution in [-0.4, -0.2) is 62.0 Å². The monoisotopic (exact) mass is 393 g/mol. The Morgan fingerprint density at radius 3 is 2.00 bits per heavy atom. The lowest BCUT2D eigenvalue weighted by Crippen LogP contribution is -2.57. The van der Waals surface area contributed by atoms with Gasteiger partial charge in [-0.15, -0.1) is 0 Å². The van der Waals surface area contributed by atoms with Gasteiger partial charge in [0.2, 0.25) is 0 Å². The van der Waals surface area contributed by atoms with Crippen LogP contribution < -0.4 is 0 Å². The van der Waals surface area contributed by atoms with Gasteiger partial charge in [-0.2, -0.15) is 0 Å². The summed E-state index contributed by atoms with van der Waals surface area (Å²) in [4.78, 5) is 39.0. The highest BCUT2D eigenvalue weighted by Crippen LogP contribution is 2.38. The molecule has 1 aliphatic heterocycles. The zero-order valence-corrected chi connectivity index (χ0v) is 17.6. The van der Waals surface area contributed by atoms with E-state index in [0.717, 1.165) is 4.90 Å². The molecule has 0 radical (unpaired) electrons. The number of aliphatic hydroxyl groups is 1. The molecule has 0 bridgehead atoms. The molecule has 7 nitrogen and oxygen atoms in total. The summed E-state index contributed by atoms with van der Waals surface area (Å²) in [5, 5.41) is 9.78. The first-order chi connectivity index (χ1) is 12.5. The van der Waals surface area contributed by atoms with Crippen LogP contribution >= 0.6 is 0 Å². The SMILES string of the molecule is COC(=O)[C@@H](O[Si](C)(C)C(C)(C)C)[C@H](CO)N1C(=O)c2ccccc2C1=O. The molecule has 0 fully saturated rings. The van der Waals surface area contributed by atoms with Crippen LogP contribution in [0.2, 0.25) is 18.1 Å². The van der Waals surface area contributed by atoms with Gasteiger partial charge in [0, 0.05) is 0 Å². The van der Waals surface area contributed by atoms with Gasteiger partial charge in [0.15, 0.2) is 14.4 Å². The standard InChI is InChI=1S/C19H27NO6Si/c1-19(2,3)27(5,6)26-15(18(24)25-4)14(11-21)20-16(22)12-9-7-8-10-13(12)17(20)23/h7-10,14-15,21H,11H2,1-6H3/t14-,15-/m0/s1. The molecule has 2 amide bonds. The predicted octanol–water partition coefficient (Wildman–Crippen LogP) is 2.21. The topological polar surface area (TPSA) is 93.1 Å². The van der Waals surface area contributed by atoms with Crippen molar-refractivity contribution in [1.82, 2.24) is 4.90 Å². The minimum Gasteiger partial charge on any atom is -0.467 e. The van der Waals surface area contributed by atoms with Gasteiger partial charge < -0.3 is 14.3 Å². The van der Waals surface area contributed by atoms with Crippen LogP contribution in [0, 0.1) is 0 Å². The van der Waals surface area contributed by atoms with Crippen LogP contribution in [0.25, 0.3) is 0 Å². The van der Waals surface area contributed by atoms with E-state index in [1.165, 1.54) is 7.11 Å². The third-order valence-corrected chi connectivity index (χ3v) is 9.81. The molecule has 0 saturated heterocycles. The molecule has 2 atom stereocenters. The molecule has 1 aromatic carbocycles. The third-order valence-electron chi connectivity index (χ3n) is 5.35. The zero-order chi connectivity index (χ0) is 20.6. The number of methoxy groups -OCH3 is 1. The Bertz CT molecular complexity index is 720. The van der Waals surface area contributed by atoms with Gasteiger partial charge >= 0.3 is 5.97 Å². The van der Waals surface area contributed by atoms with Crippen molar-refractivity contribution in [3.8, 4) is 0 Å². The summed E-state index contributed by atoms with van der Waals surface area (Å²) in [5.41, 5.74) is 0.494. The first-order valence-corrected chi connectivity index (χ1v) is 11.7. The van der Waals surface area contributed by atoms with Crippen molar-refractivity contribution in [2.24, 2.45) is 0 Å². The second-order valence-electron chi connectivity index (χ2n) is 8.10. The molecule has 0 spiro atoms. The van der Waals surface area contributed by atoms with Crippen molar-refractivity contribution in [1.29, 1.82) is 0 Å². The molecule has 0 saturated carbocycles. The number of fused-ring (bicyclic) bond motifs is 1.